The molecule has 0 amide bonds. The highest BCUT2D eigenvalue weighted by Crippen LogP contribution is 2.41. The average Bonchev–Trinajstić information content (AvgIpc) is 3.08. The first kappa shape index (κ1) is 18.8. The summed E-state index contributed by atoms with van der Waals surface area (Å²) in [5.41, 5.74) is -0.773. The van der Waals surface area contributed by atoms with Gasteiger partial charge in [-0.2, -0.15) is 13.4 Å². The maximum Gasteiger partial charge on any atom is 0.373 e. The molecule has 0 bridgehead atoms. The number of non-ortho nitro benzene ring substituents is 1. The third kappa shape index (κ3) is 3.46. The van der Waals surface area contributed by atoms with Gasteiger partial charge in [-0.15, -0.1) is 15.3 Å². The Morgan fingerprint density at radius 1 is 1.21 bits per heavy atom. The summed E-state index contributed by atoms with van der Waals surface area (Å²) >= 11 is 0. The van der Waals surface area contributed by atoms with E-state index in [0.29, 0.717) is 6.07 Å². The van der Waals surface area contributed by atoms with Gasteiger partial charge in [-0.3, -0.25) is 19.8 Å². The van der Waals surface area contributed by atoms with Gasteiger partial charge < -0.3 is 10.2 Å². The van der Waals surface area contributed by atoms with Crippen molar-refractivity contribution in [2.24, 2.45) is 10.2 Å². The number of nitrogens with zero attached hydrogens (tertiary/aromatic N) is 5. The van der Waals surface area contributed by atoms with Crippen LogP contribution in [0.5, 0.6) is 5.75 Å². The molecule has 0 saturated heterocycles. The summed E-state index contributed by atoms with van der Waals surface area (Å²) in [7, 11) is -4.83. The van der Waals surface area contributed by atoms with Gasteiger partial charge in [-0.25, -0.2) is 4.79 Å². The number of nitro groups is 1. The first-order chi connectivity index (χ1) is 13.1. The van der Waals surface area contributed by atoms with E-state index in [9.17, 15) is 33.0 Å². The molecule has 0 aliphatic heterocycles. The highest BCUT2D eigenvalue weighted by atomic mass is 32.2. The van der Waals surface area contributed by atoms with Crippen LogP contribution in [0.15, 0.2) is 39.4 Å². The molecule has 3 rings (SSSR count). The first-order valence-electron chi connectivity index (χ1n) is 7.07. The van der Waals surface area contributed by atoms with Crippen LogP contribution in [0.25, 0.3) is 10.8 Å². The number of phenols is 1. The zero-order valence-corrected chi connectivity index (χ0v) is 14.2. The van der Waals surface area contributed by atoms with Crippen molar-refractivity contribution < 1.29 is 32.9 Å². The van der Waals surface area contributed by atoms with Crippen LogP contribution in [0.2, 0.25) is 0 Å². The lowest BCUT2D eigenvalue weighted by molar-refractivity contribution is -0.384. The number of carboxylic acids is 1. The zero-order valence-electron chi connectivity index (χ0n) is 13.3. The molecule has 0 atom stereocenters. The molecule has 2 aromatic carbocycles. The predicted molar refractivity (Wildman–Crippen MR) is 89.6 cm³/mol. The van der Waals surface area contributed by atoms with Gasteiger partial charge in [0.05, 0.1) is 4.92 Å². The normalized spacial score (nSPS) is 11.9. The standard InChI is InChI=1S/C13H8N6O8S/c20-8-4-9(28(25,26)27)7-3-5(19(23)24)1-2-6(7)10(8)15-17-13-14-11(12(21)22)16-18-13/h1-4,20H,(H,21,22)(H,14,16,18)(H,25,26,27). The van der Waals surface area contributed by atoms with E-state index >= 15 is 0 Å². The molecule has 3 aromatic rings. The minimum Gasteiger partial charge on any atom is -0.506 e. The summed E-state index contributed by atoms with van der Waals surface area (Å²) < 4.78 is 32.5. The molecular weight excluding hydrogens is 400 g/mol. The topological polar surface area (TPSA) is 221 Å². The molecule has 14 nitrogen and oxygen atoms in total. The van der Waals surface area contributed by atoms with Gasteiger partial charge in [0.25, 0.3) is 21.8 Å². The average molecular weight is 408 g/mol. The van der Waals surface area contributed by atoms with Crippen molar-refractivity contribution in [3.05, 3.63) is 40.2 Å². The SMILES string of the molecule is O=C(O)c1nc(N=Nc2c(O)cc(S(=O)(=O)O)c3cc([N+](=O)[O-])ccc23)n[nH]1. The number of aromatic carboxylic acids is 1. The van der Waals surface area contributed by atoms with Gasteiger partial charge in [0.2, 0.25) is 5.82 Å². The van der Waals surface area contributed by atoms with Crippen molar-refractivity contribution in [2.45, 2.75) is 4.90 Å². The van der Waals surface area contributed by atoms with Crippen LogP contribution in [-0.2, 0) is 10.1 Å². The lowest BCUT2D eigenvalue weighted by atomic mass is 10.1. The summed E-state index contributed by atoms with van der Waals surface area (Å²) in [6.07, 6.45) is 0. The van der Waals surface area contributed by atoms with Gasteiger partial charge >= 0.3 is 5.97 Å². The van der Waals surface area contributed by atoms with Crippen molar-refractivity contribution >= 4 is 44.2 Å². The second-order valence-electron chi connectivity index (χ2n) is 5.19. The Labute approximate surface area is 154 Å². The van der Waals surface area contributed by atoms with Crippen molar-refractivity contribution in [1.82, 2.24) is 15.2 Å². The number of azo groups is 1. The quantitative estimate of drug-likeness (QED) is 0.208. The Morgan fingerprint density at radius 2 is 1.93 bits per heavy atom. The summed E-state index contributed by atoms with van der Waals surface area (Å²) in [5, 5.41) is 42.2. The van der Waals surface area contributed by atoms with Crippen molar-refractivity contribution in [1.29, 1.82) is 0 Å². The molecule has 0 spiro atoms. The number of aromatic amines is 1. The minimum atomic E-state index is -4.83. The van der Waals surface area contributed by atoms with E-state index in [4.69, 9.17) is 5.11 Å². The molecule has 0 saturated carbocycles. The van der Waals surface area contributed by atoms with Gasteiger partial charge in [-0.1, -0.05) is 0 Å². The fraction of sp³-hybridized carbons (Fsp3) is 0. The number of phenolic OH excluding ortho intramolecular Hbond substituents is 1. The van der Waals surface area contributed by atoms with Crippen LogP contribution in [0.3, 0.4) is 0 Å². The first-order valence-corrected chi connectivity index (χ1v) is 8.51. The number of carbonyl (C=O) groups is 1. The summed E-state index contributed by atoms with van der Waals surface area (Å²) in [5.74, 6) is -3.02. The van der Waals surface area contributed by atoms with Crippen LogP contribution in [0, 0.1) is 10.1 Å². The molecule has 1 heterocycles. The lowest BCUT2D eigenvalue weighted by Crippen LogP contribution is -2.00. The van der Waals surface area contributed by atoms with Crippen LogP contribution in [-0.4, -0.2) is 49.3 Å². The van der Waals surface area contributed by atoms with Gasteiger partial charge in [0.1, 0.15) is 16.3 Å². The second kappa shape index (κ2) is 6.63. The molecule has 4 N–H and O–H groups in total. The van der Waals surface area contributed by atoms with E-state index in [1.54, 1.807) is 0 Å². The number of hydrogen-bond donors (Lipinski definition) is 4. The highest BCUT2D eigenvalue weighted by Gasteiger charge is 2.22. The minimum absolute atomic E-state index is 0.0871. The number of H-pyrrole nitrogens is 1. The highest BCUT2D eigenvalue weighted by molar-refractivity contribution is 7.86. The number of nitrogens with one attached hydrogen (secondary N) is 1. The van der Waals surface area contributed by atoms with E-state index in [-0.39, 0.29) is 16.5 Å². The zero-order chi connectivity index (χ0) is 20.6. The van der Waals surface area contributed by atoms with E-state index < -0.39 is 49.1 Å². The summed E-state index contributed by atoms with van der Waals surface area (Å²) in [6.45, 7) is 0. The Bertz CT molecular complexity index is 1270. The van der Waals surface area contributed by atoms with Crippen LogP contribution < -0.4 is 0 Å². The van der Waals surface area contributed by atoms with E-state index in [1.807, 2.05) is 0 Å². The Kier molecular flexibility index (Phi) is 4.45. The third-order valence-electron chi connectivity index (χ3n) is 3.44. The Hall–Kier alpha value is -3.98. The van der Waals surface area contributed by atoms with Crippen molar-refractivity contribution in [3.8, 4) is 5.75 Å². The number of fused-ring (bicyclic) bond motifs is 1. The molecule has 15 heteroatoms. The van der Waals surface area contributed by atoms with E-state index in [0.717, 1.165) is 18.2 Å². The third-order valence-corrected chi connectivity index (χ3v) is 4.33. The van der Waals surface area contributed by atoms with Crippen LogP contribution in [0.1, 0.15) is 10.6 Å². The summed E-state index contributed by atoms with van der Waals surface area (Å²) in [6, 6.07) is 3.67. The van der Waals surface area contributed by atoms with Crippen molar-refractivity contribution in [2.75, 3.05) is 0 Å². The van der Waals surface area contributed by atoms with E-state index in [2.05, 4.69) is 25.4 Å². The number of rotatable bonds is 5. The maximum absolute atomic E-state index is 11.6. The molecule has 0 unspecified atom stereocenters. The molecule has 0 radical (unpaired) electrons. The number of aromatic nitrogens is 3. The number of benzene rings is 2. The van der Waals surface area contributed by atoms with Crippen LogP contribution >= 0.6 is 0 Å². The molecule has 0 fully saturated rings. The van der Waals surface area contributed by atoms with Crippen LogP contribution in [0.4, 0.5) is 17.3 Å². The monoisotopic (exact) mass is 408 g/mol. The Balaban J connectivity index is 2.22. The Morgan fingerprint density at radius 3 is 2.50 bits per heavy atom. The molecule has 1 aromatic heterocycles. The largest absolute Gasteiger partial charge is 0.506 e. The number of nitro benzene ring substituents is 1. The predicted octanol–water partition coefficient (Wildman–Crippen LogP) is 1.93. The molecule has 144 valence electrons. The molecule has 28 heavy (non-hydrogen) atoms. The van der Waals surface area contributed by atoms with Crippen molar-refractivity contribution in [3.63, 3.8) is 0 Å². The molecule has 0 aliphatic rings. The number of carboxylic acid groups (broad SMARTS) is 1. The number of aromatic hydroxyl groups is 1. The van der Waals surface area contributed by atoms with E-state index in [1.165, 1.54) is 0 Å². The van der Waals surface area contributed by atoms with Gasteiger partial charge in [0, 0.05) is 29.0 Å². The summed E-state index contributed by atoms with van der Waals surface area (Å²) in [4.78, 5) is 23.7. The maximum atomic E-state index is 11.6. The van der Waals surface area contributed by atoms with Gasteiger partial charge in [0.15, 0.2) is 0 Å². The lowest BCUT2D eigenvalue weighted by Gasteiger charge is -2.08. The number of hydrogen-bond acceptors (Lipinski definition) is 10. The smallest absolute Gasteiger partial charge is 0.373 e. The fourth-order valence-electron chi connectivity index (χ4n) is 2.27. The molecule has 0 aliphatic carbocycles. The second-order valence-corrected chi connectivity index (χ2v) is 6.58. The van der Waals surface area contributed by atoms with Gasteiger partial charge in [-0.05, 0) is 6.07 Å². The fourth-order valence-corrected chi connectivity index (χ4v) is 2.98. The molecular formula is C13H8N6O8S.